The zero-order valence-corrected chi connectivity index (χ0v) is 35.7. The molecule has 0 saturated heterocycles. The van der Waals surface area contributed by atoms with E-state index in [0.29, 0.717) is 0 Å². The molecule has 0 fully saturated rings. The van der Waals surface area contributed by atoms with Gasteiger partial charge in [0.1, 0.15) is 0 Å². The molecule has 0 bridgehead atoms. The van der Waals surface area contributed by atoms with E-state index in [4.69, 9.17) is 1.37 Å². The van der Waals surface area contributed by atoms with Crippen molar-refractivity contribution in [3.8, 4) is 44.5 Å². The predicted molar refractivity (Wildman–Crippen MR) is 253 cm³/mol. The molecule has 0 N–H and O–H groups in total. The lowest BCUT2D eigenvalue weighted by atomic mass is 9.69. The van der Waals surface area contributed by atoms with Crippen LogP contribution in [-0.4, -0.2) is 0 Å². The van der Waals surface area contributed by atoms with Crippen molar-refractivity contribution in [2.45, 2.75) is 70.6 Å². The molecular formula is C59H51N. The van der Waals surface area contributed by atoms with E-state index in [1.165, 1.54) is 72.3 Å². The van der Waals surface area contributed by atoms with Crippen molar-refractivity contribution in [2.75, 3.05) is 4.90 Å². The van der Waals surface area contributed by atoms with Crippen LogP contribution in [0.5, 0.6) is 0 Å². The molecule has 0 radical (unpaired) electrons. The molecule has 292 valence electrons. The zero-order chi connectivity index (χ0) is 42.1. The number of hydrogen-bond acceptors (Lipinski definition) is 1. The second kappa shape index (κ2) is 13.0. The topological polar surface area (TPSA) is 3.24 Å². The Morgan fingerprint density at radius 2 is 0.900 bits per heavy atom. The average molecular weight is 775 g/mol. The third-order valence-electron chi connectivity index (χ3n) is 13.9. The predicted octanol–water partition coefficient (Wildman–Crippen LogP) is 15.9. The van der Waals surface area contributed by atoms with Crippen LogP contribution in [0.15, 0.2) is 176 Å². The molecular weight excluding hydrogens is 723 g/mol. The maximum atomic E-state index is 8.73. The molecule has 3 aliphatic carbocycles. The van der Waals surface area contributed by atoms with Crippen LogP contribution in [0.2, 0.25) is 0 Å². The van der Waals surface area contributed by atoms with Crippen LogP contribution in [0, 0.1) is 0 Å². The van der Waals surface area contributed by atoms with Crippen LogP contribution in [0.3, 0.4) is 0 Å². The van der Waals surface area contributed by atoms with Gasteiger partial charge in [0.25, 0.3) is 0 Å². The van der Waals surface area contributed by atoms with Crippen molar-refractivity contribution in [2.24, 2.45) is 0 Å². The van der Waals surface area contributed by atoms with Gasteiger partial charge < -0.3 is 4.90 Å². The molecule has 1 spiro atoms. The SMILES string of the molecule is [2H]C(C)(C)c1ccc(-c2ccccc2N(c2ccc3c(c2)C(C)(C)c2ccccc2-3)c2ccc3c(c2)C2(c4ccccc4-3)c3ccccc3-c3ccc(C(C)(C)C)cc32)cc1. The second-order valence-corrected chi connectivity index (χ2v) is 18.9. The van der Waals surface area contributed by atoms with Crippen LogP contribution in [0.1, 0.15) is 100 Å². The van der Waals surface area contributed by atoms with Gasteiger partial charge in [-0.05, 0) is 125 Å². The van der Waals surface area contributed by atoms with Gasteiger partial charge in [-0.25, -0.2) is 0 Å². The Morgan fingerprint density at radius 3 is 1.48 bits per heavy atom. The Kier molecular flexibility index (Phi) is 7.71. The Morgan fingerprint density at radius 1 is 0.450 bits per heavy atom. The fourth-order valence-electron chi connectivity index (χ4n) is 10.9. The molecule has 60 heavy (non-hydrogen) atoms. The molecule has 1 heteroatoms. The van der Waals surface area contributed by atoms with Crippen LogP contribution < -0.4 is 4.90 Å². The molecule has 0 saturated carbocycles. The van der Waals surface area contributed by atoms with Crippen molar-refractivity contribution in [3.05, 3.63) is 220 Å². The quantitative estimate of drug-likeness (QED) is 0.168. The molecule has 3 aliphatic rings. The first-order valence-corrected chi connectivity index (χ1v) is 21.5. The standard InChI is InChI=1S/C59H51N/c1-37(2)38-24-26-39(27-25-38)43-16-11-15-23-56(43)60(41-29-32-47-44-17-8-12-20-50(44)58(6,7)53(47)35-41)42-30-33-49-46-19-10-14-22-52(46)59(55(49)36-42)51-21-13-9-18-45(51)48-31-28-40(34-54(48)59)57(3,4)5/h8-37H,1-7H3/i37D. The van der Waals surface area contributed by atoms with Crippen LogP contribution in [-0.2, 0) is 16.2 Å². The van der Waals surface area contributed by atoms with Crippen molar-refractivity contribution < 1.29 is 1.37 Å². The molecule has 1 nitrogen and oxygen atoms in total. The van der Waals surface area contributed by atoms with Gasteiger partial charge in [0, 0.05) is 23.7 Å². The molecule has 0 aliphatic heterocycles. The fraction of sp³-hybridized carbons (Fsp3) is 0.186. The Labute approximate surface area is 357 Å². The first-order valence-electron chi connectivity index (χ1n) is 22.0. The largest absolute Gasteiger partial charge is 0.310 e. The number of rotatable bonds is 5. The van der Waals surface area contributed by atoms with Crippen LogP contribution in [0.25, 0.3) is 44.5 Å². The summed E-state index contributed by atoms with van der Waals surface area (Å²) in [6.45, 7) is 15.6. The summed E-state index contributed by atoms with van der Waals surface area (Å²) < 4.78 is 8.73. The van der Waals surface area contributed by atoms with Gasteiger partial charge in [-0.2, -0.15) is 0 Å². The number of benzene rings is 8. The highest BCUT2D eigenvalue weighted by atomic mass is 15.1. The maximum absolute atomic E-state index is 8.73. The van der Waals surface area contributed by atoms with Gasteiger partial charge in [0.05, 0.1) is 11.1 Å². The highest BCUT2D eigenvalue weighted by Gasteiger charge is 2.52. The fourth-order valence-corrected chi connectivity index (χ4v) is 10.9. The van der Waals surface area contributed by atoms with E-state index in [0.717, 1.165) is 33.8 Å². The Hall–Kier alpha value is -6.44. The third-order valence-corrected chi connectivity index (χ3v) is 13.9. The van der Waals surface area contributed by atoms with Crippen molar-refractivity contribution in [1.82, 2.24) is 0 Å². The van der Waals surface area contributed by atoms with Gasteiger partial charge >= 0.3 is 0 Å². The van der Waals surface area contributed by atoms with Gasteiger partial charge in [0.2, 0.25) is 0 Å². The summed E-state index contributed by atoms with van der Waals surface area (Å²) in [7, 11) is 0. The van der Waals surface area contributed by atoms with E-state index < -0.39 is 11.3 Å². The van der Waals surface area contributed by atoms with Gasteiger partial charge in [-0.1, -0.05) is 194 Å². The first-order chi connectivity index (χ1) is 29.3. The Balaban J connectivity index is 1.19. The molecule has 1 unspecified atom stereocenters. The molecule has 1 atom stereocenters. The number of para-hydroxylation sites is 1. The molecule has 0 heterocycles. The lowest BCUT2D eigenvalue weighted by molar-refractivity contribution is 0.588. The Bertz CT molecular complexity index is 3070. The van der Waals surface area contributed by atoms with E-state index in [9.17, 15) is 0 Å². The lowest BCUT2D eigenvalue weighted by Gasteiger charge is -2.34. The highest BCUT2D eigenvalue weighted by Crippen LogP contribution is 2.64. The molecule has 8 aromatic carbocycles. The van der Waals surface area contributed by atoms with Crippen molar-refractivity contribution in [3.63, 3.8) is 0 Å². The van der Waals surface area contributed by atoms with Crippen molar-refractivity contribution in [1.29, 1.82) is 0 Å². The summed E-state index contributed by atoms with van der Waals surface area (Å²) >= 11 is 0. The molecule has 0 aromatic heterocycles. The zero-order valence-electron chi connectivity index (χ0n) is 36.7. The molecule has 8 aromatic rings. The maximum Gasteiger partial charge on any atom is 0.0726 e. The minimum atomic E-state index is -0.679. The smallest absolute Gasteiger partial charge is 0.0726 e. The van der Waals surface area contributed by atoms with Crippen molar-refractivity contribution >= 4 is 17.1 Å². The van der Waals surface area contributed by atoms with E-state index >= 15 is 0 Å². The number of anilines is 3. The summed E-state index contributed by atoms with van der Waals surface area (Å²) in [5, 5.41) is 0. The molecule has 11 rings (SSSR count). The van der Waals surface area contributed by atoms with E-state index in [-0.39, 0.29) is 10.8 Å². The summed E-state index contributed by atoms with van der Waals surface area (Å²) in [6, 6.07) is 66.2. The summed E-state index contributed by atoms with van der Waals surface area (Å²) in [4.78, 5) is 2.50. The summed E-state index contributed by atoms with van der Waals surface area (Å²) in [5.41, 5.74) is 23.3. The minimum absolute atomic E-state index is 0.00999. The van der Waals surface area contributed by atoms with Gasteiger partial charge in [-0.3, -0.25) is 0 Å². The van der Waals surface area contributed by atoms with E-state index in [2.05, 4.69) is 215 Å². The third kappa shape index (κ3) is 5.11. The number of fused-ring (bicyclic) bond motifs is 13. The van der Waals surface area contributed by atoms with Crippen LogP contribution in [0.4, 0.5) is 17.1 Å². The highest BCUT2D eigenvalue weighted by molar-refractivity contribution is 5.97. The minimum Gasteiger partial charge on any atom is -0.310 e. The summed E-state index contributed by atoms with van der Waals surface area (Å²) in [5.74, 6) is -0.679. The van der Waals surface area contributed by atoms with Gasteiger partial charge in [0.15, 0.2) is 0 Å². The van der Waals surface area contributed by atoms with E-state index in [1.807, 2.05) is 13.8 Å². The normalized spacial score (nSPS) is 16.7. The van der Waals surface area contributed by atoms with Crippen LogP contribution >= 0.6 is 0 Å². The average Bonchev–Trinajstić information content (AvgIpc) is 3.81. The first kappa shape index (κ1) is 35.5. The number of nitrogens with zero attached hydrogens (tertiary/aromatic N) is 1. The number of hydrogen-bond donors (Lipinski definition) is 0. The lowest BCUT2D eigenvalue weighted by Crippen LogP contribution is -2.27. The van der Waals surface area contributed by atoms with Gasteiger partial charge in [-0.15, -0.1) is 0 Å². The monoisotopic (exact) mass is 774 g/mol. The second-order valence-electron chi connectivity index (χ2n) is 18.9. The van der Waals surface area contributed by atoms with E-state index in [1.54, 1.807) is 0 Å². The summed E-state index contributed by atoms with van der Waals surface area (Å²) in [6.07, 6.45) is 0. The molecule has 0 amide bonds.